The summed E-state index contributed by atoms with van der Waals surface area (Å²) in [7, 11) is 0. The van der Waals surface area contributed by atoms with Gasteiger partial charge in [0.2, 0.25) is 0 Å². The van der Waals surface area contributed by atoms with Gasteiger partial charge in [-0.25, -0.2) is 9.67 Å². The van der Waals surface area contributed by atoms with Crippen LogP contribution in [0.25, 0.3) is 28.5 Å². The molecule has 71 heavy (non-hydrogen) atoms. The van der Waals surface area contributed by atoms with Crippen LogP contribution in [0.2, 0.25) is 0 Å². The van der Waals surface area contributed by atoms with Crippen molar-refractivity contribution in [3.05, 3.63) is 218 Å². The molecule has 0 bridgehead atoms. The Morgan fingerprint density at radius 1 is 0.282 bits per heavy atom. The molecule has 9 heteroatoms. The van der Waals surface area contributed by atoms with E-state index in [0.29, 0.717) is 5.82 Å². The summed E-state index contributed by atoms with van der Waals surface area (Å²) in [4.78, 5) is 19.7. The third-order valence-electron chi connectivity index (χ3n) is 14.2. The quantitative estimate of drug-likeness (QED) is 0.142. The van der Waals surface area contributed by atoms with Gasteiger partial charge in [-0.3, -0.25) is 0 Å². The minimum Gasteiger partial charge on any atom is -0.338 e. The van der Waals surface area contributed by atoms with Crippen molar-refractivity contribution in [2.45, 2.75) is 20.8 Å². The summed E-state index contributed by atoms with van der Waals surface area (Å²) in [6.07, 6.45) is 0. The van der Waals surface area contributed by atoms with E-state index in [1.807, 2.05) is 4.68 Å². The molecule has 3 aliphatic rings. The van der Waals surface area contributed by atoms with Crippen LogP contribution in [0.15, 0.2) is 218 Å². The van der Waals surface area contributed by atoms with Gasteiger partial charge in [0.05, 0.1) is 73.9 Å². The molecule has 0 radical (unpaired) electrons. The van der Waals surface area contributed by atoms with Gasteiger partial charge in [0.15, 0.2) is 11.6 Å². The van der Waals surface area contributed by atoms with E-state index >= 15 is 0 Å². The summed E-state index contributed by atoms with van der Waals surface area (Å²) >= 11 is 0. The second-order valence-corrected chi connectivity index (χ2v) is 18.0. The molecule has 1 aromatic heterocycles. The van der Waals surface area contributed by atoms with E-state index in [-0.39, 0.29) is 0 Å². The summed E-state index contributed by atoms with van der Waals surface area (Å²) in [6, 6.07) is 78.2. The molecule has 0 saturated heterocycles. The Kier molecular flexibility index (Phi) is 10.2. The van der Waals surface area contributed by atoms with Crippen LogP contribution in [0.1, 0.15) is 20.8 Å². The largest absolute Gasteiger partial charge is 0.338 e. The number of rotatable bonds is 9. The molecule has 0 saturated carbocycles. The van der Waals surface area contributed by atoms with Gasteiger partial charge in [-0.2, -0.15) is 0 Å². The maximum absolute atomic E-state index is 5.38. The van der Waals surface area contributed by atoms with Gasteiger partial charge in [-0.15, -0.1) is 5.10 Å². The second kappa shape index (κ2) is 17.2. The van der Waals surface area contributed by atoms with E-state index in [2.05, 4.69) is 269 Å². The number of benzene rings is 9. The molecule has 10 aromatic rings. The average molecular weight is 922 g/mol. The molecular weight excluding hydrogens is 871 g/mol. The zero-order valence-corrected chi connectivity index (χ0v) is 39.9. The molecule has 13 rings (SSSR count). The number of hydrogen-bond acceptors (Lipinski definition) is 8. The lowest BCUT2D eigenvalue weighted by Crippen LogP contribution is -2.26. The Morgan fingerprint density at radius 3 is 0.831 bits per heavy atom. The fourth-order valence-electron chi connectivity index (χ4n) is 11.0. The van der Waals surface area contributed by atoms with Crippen LogP contribution >= 0.6 is 0 Å². The lowest BCUT2D eigenvalue weighted by molar-refractivity contribution is 0.890. The van der Waals surface area contributed by atoms with E-state index in [4.69, 9.17) is 10.1 Å². The molecule has 0 spiro atoms. The molecule has 0 N–H and O–H groups in total. The van der Waals surface area contributed by atoms with Crippen molar-refractivity contribution in [2.24, 2.45) is 0 Å². The highest BCUT2D eigenvalue weighted by Gasteiger charge is 2.32. The van der Waals surface area contributed by atoms with Crippen LogP contribution in [-0.2, 0) is 0 Å². The highest BCUT2D eigenvalue weighted by atomic mass is 15.4. The summed E-state index contributed by atoms with van der Waals surface area (Å²) < 4.78 is 2.00. The predicted molar refractivity (Wildman–Crippen MR) is 294 cm³/mol. The average Bonchev–Trinajstić information content (AvgIpc) is 3.89. The molecule has 0 amide bonds. The second-order valence-electron chi connectivity index (χ2n) is 18.0. The molecule has 0 aliphatic carbocycles. The van der Waals surface area contributed by atoms with E-state index in [0.717, 1.165) is 93.5 Å². The van der Waals surface area contributed by atoms with Crippen molar-refractivity contribution >= 4 is 85.3 Å². The highest BCUT2D eigenvalue weighted by molar-refractivity contribution is 6.00. The molecular formula is C62H51N9. The van der Waals surface area contributed by atoms with Gasteiger partial charge in [-0.1, -0.05) is 72.8 Å². The molecule has 0 atom stereocenters. The maximum Gasteiger partial charge on any atom is 0.182 e. The van der Waals surface area contributed by atoms with Crippen molar-refractivity contribution in [1.29, 1.82) is 0 Å². The first-order valence-electron chi connectivity index (χ1n) is 24.7. The fourth-order valence-corrected chi connectivity index (χ4v) is 11.0. The Bertz CT molecular complexity index is 3290. The van der Waals surface area contributed by atoms with E-state index < -0.39 is 0 Å². The third kappa shape index (κ3) is 6.76. The van der Waals surface area contributed by atoms with Crippen molar-refractivity contribution in [2.75, 3.05) is 49.0 Å². The number of nitrogens with zero attached hydrogens (tertiary/aromatic N) is 9. The molecule has 4 heterocycles. The van der Waals surface area contributed by atoms with E-state index in [9.17, 15) is 0 Å². The van der Waals surface area contributed by atoms with Crippen LogP contribution in [0.3, 0.4) is 0 Å². The van der Waals surface area contributed by atoms with E-state index in [1.165, 1.54) is 34.1 Å². The molecule has 344 valence electrons. The van der Waals surface area contributed by atoms with Crippen molar-refractivity contribution in [1.82, 2.24) is 14.8 Å². The summed E-state index contributed by atoms with van der Waals surface area (Å²) in [5.41, 5.74) is 20.0. The first kappa shape index (κ1) is 42.1. The lowest BCUT2D eigenvalue weighted by Gasteiger charge is -2.40. The van der Waals surface area contributed by atoms with Gasteiger partial charge >= 0.3 is 0 Å². The molecule has 0 unspecified atom stereocenters. The molecule has 3 aliphatic heterocycles. The number of anilines is 15. The van der Waals surface area contributed by atoms with E-state index in [1.54, 1.807) is 0 Å². The fraction of sp³-hybridized carbons (Fsp3) is 0.0968. The highest BCUT2D eigenvalue weighted by Crippen LogP contribution is 2.54. The lowest BCUT2D eigenvalue weighted by atomic mass is 10.1. The van der Waals surface area contributed by atoms with Gasteiger partial charge < -0.3 is 29.4 Å². The predicted octanol–water partition coefficient (Wildman–Crippen LogP) is 16.4. The zero-order chi connectivity index (χ0) is 47.6. The summed E-state index contributed by atoms with van der Waals surface area (Å²) in [6.45, 7) is 9.25. The Hall–Kier alpha value is -9.08. The Morgan fingerprint density at radius 2 is 0.535 bits per heavy atom. The topological polar surface area (TPSA) is 50.2 Å². The minimum atomic E-state index is 0.647. The van der Waals surface area contributed by atoms with Gasteiger partial charge in [0, 0.05) is 47.8 Å². The van der Waals surface area contributed by atoms with Crippen molar-refractivity contribution in [3.63, 3.8) is 0 Å². The Balaban J connectivity index is 0.906. The minimum absolute atomic E-state index is 0.647. The van der Waals surface area contributed by atoms with Crippen LogP contribution in [0.5, 0.6) is 0 Å². The van der Waals surface area contributed by atoms with Crippen LogP contribution in [0, 0.1) is 0 Å². The number of para-hydroxylation sites is 12. The first-order valence-corrected chi connectivity index (χ1v) is 24.7. The standard InChI is InChI=1S/C62H51N9/c1-4-65-49-19-7-13-25-55(49)68(56-26-14-8-20-50(56)65)45-35-31-43(32-36-45)61-63-62(44-33-37-46(38-34-44)69-57-27-15-9-21-51(57)66(5-2)52-22-10-16-28-58(52)69)71(64-61)48-41-39-47(40-42-48)70-59-29-17-11-23-53(59)67(6-3)54-24-12-18-30-60(54)70/h7-42H,4-6H2,1-3H3. The normalized spacial score (nSPS) is 13.3. The molecule has 0 fully saturated rings. The SMILES string of the molecule is CCN1c2ccccc2N(c2ccc(-c3nc(-c4ccc(N5c6ccccc6N(CC)c6ccccc65)cc4)n(-c4ccc(N5c6ccccc6N(CC)c6ccccc65)cc4)n3)cc2)c2ccccc21. The number of fused-ring (bicyclic) bond motifs is 6. The van der Waals surface area contributed by atoms with Crippen molar-refractivity contribution < 1.29 is 0 Å². The van der Waals surface area contributed by atoms with Crippen LogP contribution < -0.4 is 29.4 Å². The molecule has 9 nitrogen and oxygen atoms in total. The first-order chi connectivity index (χ1) is 35.1. The number of hydrogen-bond donors (Lipinski definition) is 0. The third-order valence-corrected chi connectivity index (χ3v) is 14.2. The van der Waals surface area contributed by atoms with Gasteiger partial charge in [0.1, 0.15) is 0 Å². The zero-order valence-electron chi connectivity index (χ0n) is 39.9. The van der Waals surface area contributed by atoms with Gasteiger partial charge in [0.25, 0.3) is 0 Å². The monoisotopic (exact) mass is 921 g/mol. The van der Waals surface area contributed by atoms with Crippen LogP contribution in [-0.4, -0.2) is 34.4 Å². The maximum atomic E-state index is 5.38. The smallest absolute Gasteiger partial charge is 0.182 e. The van der Waals surface area contributed by atoms with Crippen molar-refractivity contribution in [3.8, 4) is 28.5 Å². The van der Waals surface area contributed by atoms with Crippen LogP contribution in [0.4, 0.5) is 85.3 Å². The Labute approximate surface area is 415 Å². The summed E-state index contributed by atoms with van der Waals surface area (Å²) in [5, 5.41) is 5.34. The summed E-state index contributed by atoms with van der Waals surface area (Å²) in [5.74, 6) is 1.40. The number of aromatic nitrogens is 3. The molecule has 9 aromatic carbocycles. The van der Waals surface area contributed by atoms with Gasteiger partial charge in [-0.05, 0) is 166 Å².